The third-order valence-corrected chi connectivity index (χ3v) is 1.06. The van der Waals surface area contributed by atoms with Crippen LogP contribution in [-0.2, 0) is 0 Å². The topological polar surface area (TPSA) is 3.24 Å². The maximum atomic E-state index is 5.56. The molecule has 0 aromatic rings. The Bertz CT molecular complexity index is 98.3. The van der Waals surface area contributed by atoms with Gasteiger partial charge >= 0.3 is 0 Å². The molecule has 0 saturated heterocycles. The molecule has 0 spiro atoms. The van der Waals surface area contributed by atoms with Crippen LogP contribution < -0.4 is 0 Å². The molecule has 0 amide bonds. The molecule has 7 heavy (non-hydrogen) atoms. The van der Waals surface area contributed by atoms with Crippen molar-refractivity contribution >= 4 is 11.6 Å². The molecule has 0 aromatic heterocycles. The minimum Gasteiger partial charge on any atom is -0.288 e. The molecule has 2 heteroatoms. The Morgan fingerprint density at radius 2 is 2.71 bits per heavy atom. The van der Waals surface area contributed by atoms with E-state index in [0.29, 0.717) is 0 Å². The second-order valence-corrected chi connectivity index (χ2v) is 2.06. The molecule has 0 fully saturated rings. The molecule has 0 N–H and O–H groups in total. The van der Waals surface area contributed by atoms with Crippen molar-refractivity contribution < 1.29 is 0 Å². The van der Waals surface area contributed by atoms with Gasteiger partial charge in [0.1, 0.15) is 0 Å². The highest BCUT2D eigenvalue weighted by atomic mass is 35.5. The Morgan fingerprint density at radius 3 is 2.86 bits per heavy atom. The number of hydrogen-bond acceptors (Lipinski definition) is 1. The Morgan fingerprint density at radius 1 is 2.00 bits per heavy atom. The van der Waals surface area contributed by atoms with Crippen molar-refractivity contribution in [1.29, 1.82) is 0 Å². The summed E-state index contributed by atoms with van der Waals surface area (Å²) in [5.41, 5.74) is 0. The Balaban J connectivity index is 2.42. The van der Waals surface area contributed by atoms with E-state index in [1.807, 2.05) is 11.9 Å². The van der Waals surface area contributed by atoms with Crippen molar-refractivity contribution in [3.8, 4) is 0 Å². The Hall–Kier alpha value is -0.0100. The monoisotopic (exact) mass is 115 g/mol. The second kappa shape index (κ2) is 1.85. The van der Waals surface area contributed by atoms with Gasteiger partial charge in [-0.05, 0) is 13.1 Å². The molecule has 0 bridgehead atoms. The summed E-state index contributed by atoms with van der Waals surface area (Å²) in [7, 11) is 1.94. The maximum Gasteiger partial charge on any atom is 0.0897 e. The minimum absolute atomic E-state index is 0.821. The molecule has 1 aliphatic rings. The zero-order chi connectivity index (χ0) is 5.28. The quantitative estimate of drug-likeness (QED) is 0.457. The number of rotatable bonds is 0. The molecule has 2 radical (unpaired) electrons. The molecular formula is C5H6ClN. The lowest BCUT2D eigenvalue weighted by atomic mass is 10.6. The van der Waals surface area contributed by atoms with Gasteiger partial charge in [-0.1, -0.05) is 11.6 Å². The van der Waals surface area contributed by atoms with Crippen LogP contribution in [-0.4, -0.2) is 18.5 Å². The lowest BCUT2D eigenvalue weighted by Crippen LogP contribution is -2.08. The average molecular weight is 116 g/mol. The second-order valence-electron chi connectivity index (χ2n) is 1.58. The molecule has 0 aromatic carbocycles. The summed E-state index contributed by atoms with van der Waals surface area (Å²) in [6.45, 7) is 3.73. The van der Waals surface area contributed by atoms with Crippen LogP contribution in [0.2, 0.25) is 0 Å². The van der Waals surface area contributed by atoms with Crippen molar-refractivity contribution in [3.63, 3.8) is 0 Å². The molecule has 0 unspecified atom stereocenters. The largest absolute Gasteiger partial charge is 0.288 e. The third kappa shape index (κ3) is 1.18. The van der Waals surface area contributed by atoms with Crippen molar-refractivity contribution in [1.82, 2.24) is 4.90 Å². The Kier molecular flexibility index (Phi) is 1.35. The summed E-state index contributed by atoms with van der Waals surface area (Å²) in [5.74, 6) is 0. The fraction of sp³-hybridized carbons (Fsp3) is 0.400. The zero-order valence-electron chi connectivity index (χ0n) is 4.11. The minimum atomic E-state index is 0.821. The number of hydrogen-bond donors (Lipinski definition) is 0. The van der Waals surface area contributed by atoms with Crippen LogP contribution in [0.1, 0.15) is 0 Å². The van der Waals surface area contributed by atoms with Crippen LogP contribution in [0.3, 0.4) is 0 Å². The van der Waals surface area contributed by atoms with Gasteiger partial charge < -0.3 is 0 Å². The number of nitrogens with zero attached hydrogens (tertiary/aromatic N) is 1. The fourth-order valence-electron chi connectivity index (χ4n) is 0.498. The lowest BCUT2D eigenvalue weighted by Gasteiger charge is -2.01. The molecular weight excluding hydrogens is 110 g/mol. The van der Waals surface area contributed by atoms with Crippen molar-refractivity contribution in [2.24, 2.45) is 0 Å². The average Bonchev–Trinajstić information content (AvgIpc) is 1.87. The normalized spacial score (nSPS) is 22.9. The SMILES string of the molecule is CN1[C]C=C(Cl)C1. The molecule has 0 saturated carbocycles. The smallest absolute Gasteiger partial charge is 0.0897 e. The highest BCUT2D eigenvalue weighted by Crippen LogP contribution is 2.12. The summed E-state index contributed by atoms with van der Waals surface area (Å²) in [5, 5.41) is 0.863. The van der Waals surface area contributed by atoms with Crippen LogP contribution in [0, 0.1) is 6.54 Å². The molecule has 0 aliphatic carbocycles. The molecule has 1 aliphatic heterocycles. The first-order valence-electron chi connectivity index (χ1n) is 2.11. The molecule has 1 nitrogen and oxygen atoms in total. The first-order valence-corrected chi connectivity index (χ1v) is 2.48. The van der Waals surface area contributed by atoms with Gasteiger partial charge in [0.15, 0.2) is 0 Å². The third-order valence-electron chi connectivity index (χ3n) is 0.830. The van der Waals surface area contributed by atoms with Crippen LogP contribution in [0.4, 0.5) is 0 Å². The summed E-state index contributed by atoms with van der Waals surface area (Å²) < 4.78 is 0. The maximum absolute atomic E-state index is 5.56. The van der Waals surface area contributed by atoms with E-state index in [2.05, 4.69) is 6.54 Å². The predicted molar refractivity (Wildman–Crippen MR) is 29.8 cm³/mol. The van der Waals surface area contributed by atoms with Crippen LogP contribution in [0.25, 0.3) is 0 Å². The van der Waals surface area contributed by atoms with Crippen molar-refractivity contribution in [3.05, 3.63) is 17.7 Å². The van der Waals surface area contributed by atoms with Gasteiger partial charge in [-0.15, -0.1) is 0 Å². The summed E-state index contributed by atoms with van der Waals surface area (Å²) >= 11 is 5.56. The van der Waals surface area contributed by atoms with E-state index in [9.17, 15) is 0 Å². The standard InChI is InChI=1S/C5H6ClN/c1-7-3-2-5(6)4-7/h2H,4H2,1H3. The molecule has 1 rings (SSSR count). The lowest BCUT2D eigenvalue weighted by molar-refractivity contribution is 0.490. The predicted octanol–water partition coefficient (Wildman–Crippen LogP) is 1.09. The number of likely N-dealkylation sites (N-methyl/N-ethyl adjacent to an activating group) is 1. The molecule has 0 atom stereocenters. The van der Waals surface area contributed by atoms with E-state index in [1.165, 1.54) is 0 Å². The van der Waals surface area contributed by atoms with Crippen LogP contribution in [0.15, 0.2) is 11.1 Å². The summed E-state index contributed by atoms with van der Waals surface area (Å²) in [6, 6.07) is 0. The van der Waals surface area contributed by atoms with Crippen molar-refractivity contribution in [2.45, 2.75) is 0 Å². The van der Waals surface area contributed by atoms with E-state index in [4.69, 9.17) is 11.6 Å². The highest BCUT2D eigenvalue weighted by molar-refractivity contribution is 6.30. The van der Waals surface area contributed by atoms with Gasteiger partial charge in [0, 0.05) is 11.6 Å². The summed E-state index contributed by atoms with van der Waals surface area (Å²) in [4.78, 5) is 1.91. The van der Waals surface area contributed by atoms with Crippen molar-refractivity contribution in [2.75, 3.05) is 13.6 Å². The first kappa shape index (κ1) is 5.13. The van der Waals surface area contributed by atoms with Gasteiger partial charge in [-0.25, -0.2) is 0 Å². The van der Waals surface area contributed by atoms with E-state index in [-0.39, 0.29) is 0 Å². The zero-order valence-corrected chi connectivity index (χ0v) is 4.87. The summed E-state index contributed by atoms with van der Waals surface area (Å²) in [6.07, 6.45) is 1.78. The van der Waals surface area contributed by atoms with Gasteiger partial charge in [0.25, 0.3) is 0 Å². The van der Waals surface area contributed by atoms with E-state index in [0.717, 1.165) is 11.6 Å². The van der Waals surface area contributed by atoms with E-state index < -0.39 is 0 Å². The van der Waals surface area contributed by atoms with Gasteiger partial charge in [0.2, 0.25) is 0 Å². The van der Waals surface area contributed by atoms with E-state index >= 15 is 0 Å². The molecule has 38 valence electrons. The molecule has 1 heterocycles. The van der Waals surface area contributed by atoms with Crippen LogP contribution in [0.5, 0.6) is 0 Å². The van der Waals surface area contributed by atoms with E-state index in [1.54, 1.807) is 6.08 Å². The van der Waals surface area contributed by atoms with Gasteiger partial charge in [-0.2, -0.15) is 0 Å². The fourth-order valence-corrected chi connectivity index (χ4v) is 0.726. The van der Waals surface area contributed by atoms with Crippen LogP contribution >= 0.6 is 11.6 Å². The van der Waals surface area contributed by atoms with Gasteiger partial charge in [-0.3, -0.25) is 4.90 Å². The highest BCUT2D eigenvalue weighted by Gasteiger charge is 2.06. The first-order chi connectivity index (χ1) is 3.29. The Labute approximate surface area is 48.6 Å². The van der Waals surface area contributed by atoms with Gasteiger partial charge in [0.05, 0.1) is 6.54 Å². The number of halogens is 1.